The molecule has 0 aromatic carbocycles. The van der Waals surface area contributed by atoms with E-state index < -0.39 is 11.5 Å². The Morgan fingerprint density at radius 2 is 2.24 bits per heavy atom. The molecule has 2 heterocycles. The Morgan fingerprint density at radius 3 is 2.71 bits per heavy atom. The Labute approximate surface area is 99.3 Å². The first-order chi connectivity index (χ1) is 8.03. The number of hydrogen-bond acceptors (Lipinski definition) is 4. The number of amides is 1. The Morgan fingerprint density at radius 1 is 1.47 bits per heavy atom. The third-order valence-electron chi connectivity index (χ3n) is 3.36. The van der Waals surface area contributed by atoms with Gasteiger partial charge in [0, 0.05) is 13.0 Å². The summed E-state index contributed by atoms with van der Waals surface area (Å²) in [6.45, 7) is 2.67. The van der Waals surface area contributed by atoms with Gasteiger partial charge in [-0.2, -0.15) is 0 Å². The first-order valence-electron chi connectivity index (χ1n) is 5.78. The average Bonchev–Trinajstić information content (AvgIpc) is 2.87. The highest BCUT2D eigenvalue weighted by atomic mass is 16.5. The molecule has 3 unspecified atom stereocenters. The summed E-state index contributed by atoms with van der Waals surface area (Å²) in [4.78, 5) is 23.2. The summed E-state index contributed by atoms with van der Waals surface area (Å²) in [5, 5.41) is 11.8. The number of rotatable bonds is 3. The van der Waals surface area contributed by atoms with Crippen molar-refractivity contribution in [3.8, 4) is 0 Å². The zero-order valence-corrected chi connectivity index (χ0v) is 9.77. The van der Waals surface area contributed by atoms with Gasteiger partial charge in [-0.25, -0.2) is 4.79 Å². The molecule has 17 heavy (non-hydrogen) atoms. The standard InChI is InChI=1S/C11H17NO5/c1-7-4-8(5-17-7)9(13)12-11(10(14)15)2-3-16-6-11/h7-8H,2-6H2,1H3,(H,12,13)(H,14,15). The zero-order chi connectivity index (χ0) is 12.5. The molecule has 0 aliphatic carbocycles. The number of carbonyl (C=O) groups excluding carboxylic acids is 1. The highest BCUT2D eigenvalue weighted by molar-refractivity contribution is 5.88. The summed E-state index contributed by atoms with van der Waals surface area (Å²) in [7, 11) is 0. The van der Waals surface area contributed by atoms with Crippen LogP contribution in [0, 0.1) is 5.92 Å². The van der Waals surface area contributed by atoms with Crippen molar-refractivity contribution in [1.82, 2.24) is 5.32 Å². The largest absolute Gasteiger partial charge is 0.479 e. The third-order valence-corrected chi connectivity index (χ3v) is 3.36. The molecule has 2 saturated heterocycles. The fourth-order valence-electron chi connectivity index (χ4n) is 2.22. The zero-order valence-electron chi connectivity index (χ0n) is 9.77. The lowest BCUT2D eigenvalue weighted by Gasteiger charge is -2.25. The number of aliphatic carboxylic acids is 1. The first-order valence-corrected chi connectivity index (χ1v) is 5.78. The fourth-order valence-corrected chi connectivity index (χ4v) is 2.22. The maximum atomic E-state index is 11.9. The van der Waals surface area contributed by atoms with E-state index in [2.05, 4.69) is 5.32 Å². The minimum atomic E-state index is -1.25. The molecule has 6 heteroatoms. The summed E-state index contributed by atoms with van der Waals surface area (Å²) >= 11 is 0. The van der Waals surface area contributed by atoms with Crippen LogP contribution in [0.1, 0.15) is 19.8 Å². The lowest BCUT2D eigenvalue weighted by molar-refractivity contribution is -0.148. The Balaban J connectivity index is 1.99. The monoisotopic (exact) mass is 243 g/mol. The lowest BCUT2D eigenvalue weighted by Crippen LogP contribution is -2.56. The average molecular weight is 243 g/mol. The minimum absolute atomic E-state index is 0.0389. The van der Waals surface area contributed by atoms with Crippen molar-refractivity contribution in [3.05, 3.63) is 0 Å². The lowest BCUT2D eigenvalue weighted by atomic mass is 9.96. The van der Waals surface area contributed by atoms with E-state index in [1.807, 2.05) is 6.92 Å². The third kappa shape index (κ3) is 2.42. The topological polar surface area (TPSA) is 84.9 Å². The Kier molecular flexibility index (Phi) is 3.35. The quantitative estimate of drug-likeness (QED) is 0.715. The number of nitrogens with one attached hydrogen (secondary N) is 1. The van der Waals surface area contributed by atoms with E-state index in [1.165, 1.54) is 0 Å². The van der Waals surface area contributed by atoms with Crippen LogP contribution >= 0.6 is 0 Å². The van der Waals surface area contributed by atoms with Crippen LogP contribution in [0.15, 0.2) is 0 Å². The summed E-state index contributed by atoms with van der Waals surface area (Å²) in [6, 6.07) is 0. The van der Waals surface area contributed by atoms with Gasteiger partial charge in [0.1, 0.15) is 0 Å². The molecule has 2 aliphatic heterocycles. The van der Waals surface area contributed by atoms with Gasteiger partial charge in [-0.05, 0) is 13.3 Å². The smallest absolute Gasteiger partial charge is 0.331 e. The van der Waals surface area contributed by atoms with Crippen LogP contribution in [0.5, 0.6) is 0 Å². The van der Waals surface area contributed by atoms with E-state index in [0.29, 0.717) is 26.1 Å². The molecule has 1 amide bonds. The predicted molar refractivity (Wildman–Crippen MR) is 57.5 cm³/mol. The molecule has 0 aromatic rings. The maximum absolute atomic E-state index is 11.9. The summed E-state index contributed by atoms with van der Waals surface area (Å²) in [5.74, 6) is -1.53. The Hall–Kier alpha value is -1.14. The van der Waals surface area contributed by atoms with Crippen molar-refractivity contribution in [1.29, 1.82) is 0 Å². The van der Waals surface area contributed by atoms with Gasteiger partial charge in [-0.3, -0.25) is 4.79 Å². The fraction of sp³-hybridized carbons (Fsp3) is 0.818. The van der Waals surface area contributed by atoms with Gasteiger partial charge >= 0.3 is 5.97 Å². The maximum Gasteiger partial charge on any atom is 0.331 e. The summed E-state index contributed by atoms with van der Waals surface area (Å²) in [6.07, 6.45) is 1.02. The van der Waals surface area contributed by atoms with Crippen LogP contribution in [0.2, 0.25) is 0 Å². The molecular weight excluding hydrogens is 226 g/mol. The van der Waals surface area contributed by atoms with Crippen molar-refractivity contribution in [3.63, 3.8) is 0 Å². The molecule has 6 nitrogen and oxygen atoms in total. The van der Waals surface area contributed by atoms with Gasteiger partial charge in [0.05, 0.1) is 25.2 Å². The molecule has 2 fully saturated rings. The van der Waals surface area contributed by atoms with Crippen LogP contribution in [0.3, 0.4) is 0 Å². The molecule has 3 atom stereocenters. The number of ether oxygens (including phenoxy) is 2. The second-order valence-corrected chi connectivity index (χ2v) is 4.76. The van der Waals surface area contributed by atoms with Crippen LogP contribution in [0.25, 0.3) is 0 Å². The second kappa shape index (κ2) is 4.62. The van der Waals surface area contributed by atoms with Gasteiger partial charge in [0.25, 0.3) is 0 Å². The summed E-state index contributed by atoms with van der Waals surface area (Å²) in [5.41, 5.74) is -1.25. The van der Waals surface area contributed by atoms with Gasteiger partial charge in [0.15, 0.2) is 5.54 Å². The SMILES string of the molecule is CC1CC(C(=O)NC2(C(=O)O)CCOC2)CO1. The van der Waals surface area contributed by atoms with E-state index in [1.54, 1.807) is 0 Å². The number of carbonyl (C=O) groups is 2. The van der Waals surface area contributed by atoms with Crippen molar-refractivity contribution in [2.75, 3.05) is 19.8 Å². The van der Waals surface area contributed by atoms with E-state index >= 15 is 0 Å². The van der Waals surface area contributed by atoms with Gasteiger partial charge < -0.3 is 19.9 Å². The van der Waals surface area contributed by atoms with Crippen molar-refractivity contribution < 1.29 is 24.2 Å². The molecule has 0 aromatic heterocycles. The number of carboxylic acid groups (broad SMARTS) is 1. The van der Waals surface area contributed by atoms with E-state index in [-0.39, 0.29) is 24.5 Å². The molecule has 0 bridgehead atoms. The van der Waals surface area contributed by atoms with Crippen molar-refractivity contribution in [2.45, 2.75) is 31.4 Å². The molecule has 2 aliphatic rings. The van der Waals surface area contributed by atoms with Crippen LogP contribution in [0.4, 0.5) is 0 Å². The normalized spacial score (nSPS) is 37.0. The molecule has 0 radical (unpaired) electrons. The minimum Gasteiger partial charge on any atom is -0.479 e. The molecule has 96 valence electrons. The molecular formula is C11H17NO5. The number of hydrogen-bond donors (Lipinski definition) is 2. The van der Waals surface area contributed by atoms with E-state index in [4.69, 9.17) is 9.47 Å². The van der Waals surface area contributed by atoms with Gasteiger partial charge in [-0.15, -0.1) is 0 Å². The van der Waals surface area contributed by atoms with Crippen LogP contribution < -0.4 is 5.32 Å². The van der Waals surface area contributed by atoms with Gasteiger partial charge in [0.2, 0.25) is 5.91 Å². The summed E-state index contributed by atoms with van der Waals surface area (Å²) < 4.78 is 10.4. The Bertz CT molecular complexity index is 324. The van der Waals surface area contributed by atoms with Crippen molar-refractivity contribution in [2.24, 2.45) is 5.92 Å². The second-order valence-electron chi connectivity index (χ2n) is 4.76. The van der Waals surface area contributed by atoms with Gasteiger partial charge in [-0.1, -0.05) is 0 Å². The van der Waals surface area contributed by atoms with Crippen LogP contribution in [-0.4, -0.2) is 48.4 Å². The van der Waals surface area contributed by atoms with Crippen molar-refractivity contribution >= 4 is 11.9 Å². The van der Waals surface area contributed by atoms with E-state index in [9.17, 15) is 14.7 Å². The first kappa shape index (κ1) is 12.3. The molecule has 0 spiro atoms. The molecule has 2 N–H and O–H groups in total. The number of carboxylic acids is 1. The highest BCUT2D eigenvalue weighted by Gasteiger charge is 2.45. The van der Waals surface area contributed by atoms with E-state index in [0.717, 1.165) is 0 Å². The van der Waals surface area contributed by atoms with Crippen LogP contribution in [-0.2, 0) is 19.1 Å². The predicted octanol–water partition coefficient (Wildman–Crippen LogP) is -0.229. The molecule has 2 rings (SSSR count). The molecule has 0 saturated carbocycles. The highest BCUT2D eigenvalue weighted by Crippen LogP contribution is 2.23.